The molecular formula is C8H8ClN5O2S. The molecule has 2 heterocycles. The average Bonchev–Trinajstić information content (AvgIpc) is 2.80. The summed E-state index contributed by atoms with van der Waals surface area (Å²) in [7, 11) is -3.63. The highest BCUT2D eigenvalue weighted by molar-refractivity contribution is 7.89. The molecule has 0 radical (unpaired) electrons. The van der Waals surface area contributed by atoms with Gasteiger partial charge in [-0.2, -0.15) is 0 Å². The van der Waals surface area contributed by atoms with Gasteiger partial charge in [0.25, 0.3) is 0 Å². The van der Waals surface area contributed by atoms with E-state index in [2.05, 4.69) is 24.7 Å². The summed E-state index contributed by atoms with van der Waals surface area (Å²) in [4.78, 5) is 13.7. The lowest BCUT2D eigenvalue weighted by Crippen LogP contribution is -2.23. The first-order valence-corrected chi connectivity index (χ1v) is 6.38. The van der Waals surface area contributed by atoms with Crippen LogP contribution in [-0.2, 0) is 16.6 Å². The number of aromatic nitrogens is 4. The van der Waals surface area contributed by atoms with Crippen molar-refractivity contribution in [1.29, 1.82) is 0 Å². The van der Waals surface area contributed by atoms with E-state index < -0.39 is 10.0 Å². The van der Waals surface area contributed by atoms with Gasteiger partial charge in [0.05, 0.1) is 25.3 Å². The zero-order chi connectivity index (χ0) is 12.3. The van der Waals surface area contributed by atoms with Crippen LogP contribution in [-0.4, -0.2) is 28.4 Å². The third kappa shape index (κ3) is 2.99. The Morgan fingerprint density at radius 2 is 2.00 bits per heavy atom. The van der Waals surface area contributed by atoms with Crippen LogP contribution in [0.4, 0.5) is 0 Å². The molecule has 2 aromatic heterocycles. The van der Waals surface area contributed by atoms with Gasteiger partial charge < -0.3 is 4.98 Å². The van der Waals surface area contributed by atoms with E-state index in [1.807, 2.05) is 0 Å². The maximum absolute atomic E-state index is 11.8. The van der Waals surface area contributed by atoms with Crippen molar-refractivity contribution in [1.82, 2.24) is 24.7 Å². The highest BCUT2D eigenvalue weighted by Crippen LogP contribution is 2.07. The summed E-state index contributed by atoms with van der Waals surface area (Å²) in [6, 6.07) is 0. The molecule has 17 heavy (non-hydrogen) atoms. The van der Waals surface area contributed by atoms with Crippen molar-refractivity contribution < 1.29 is 8.42 Å². The van der Waals surface area contributed by atoms with E-state index in [4.69, 9.17) is 11.6 Å². The molecule has 9 heteroatoms. The molecule has 0 aliphatic heterocycles. The van der Waals surface area contributed by atoms with Gasteiger partial charge >= 0.3 is 0 Å². The zero-order valence-corrected chi connectivity index (χ0v) is 10.0. The maximum Gasteiger partial charge on any atom is 0.243 e. The molecule has 0 aliphatic rings. The topological polar surface area (TPSA) is 101 Å². The Morgan fingerprint density at radius 1 is 1.29 bits per heavy atom. The molecule has 0 bridgehead atoms. The molecule has 0 spiro atoms. The van der Waals surface area contributed by atoms with Crippen LogP contribution in [0.5, 0.6) is 0 Å². The number of nitrogens with one attached hydrogen (secondary N) is 2. The van der Waals surface area contributed by atoms with E-state index >= 15 is 0 Å². The lowest BCUT2D eigenvalue weighted by molar-refractivity contribution is 0.579. The predicted molar refractivity (Wildman–Crippen MR) is 59.7 cm³/mol. The summed E-state index contributed by atoms with van der Waals surface area (Å²) in [5, 5.41) is -0.00230. The fourth-order valence-electron chi connectivity index (χ4n) is 1.08. The van der Waals surface area contributed by atoms with Crippen molar-refractivity contribution in [2.75, 3.05) is 0 Å². The number of halogens is 1. The van der Waals surface area contributed by atoms with Crippen molar-refractivity contribution in [3.8, 4) is 0 Å². The Kier molecular flexibility index (Phi) is 3.36. The number of H-pyrrole nitrogens is 1. The first-order valence-electron chi connectivity index (χ1n) is 4.52. The molecule has 90 valence electrons. The van der Waals surface area contributed by atoms with E-state index in [9.17, 15) is 8.42 Å². The van der Waals surface area contributed by atoms with E-state index in [-0.39, 0.29) is 16.7 Å². The molecule has 0 saturated heterocycles. The van der Waals surface area contributed by atoms with Crippen molar-refractivity contribution in [3.05, 3.63) is 35.9 Å². The van der Waals surface area contributed by atoms with Crippen LogP contribution >= 0.6 is 11.6 Å². The number of rotatable bonds is 4. The Morgan fingerprint density at radius 3 is 2.59 bits per heavy atom. The quantitative estimate of drug-likeness (QED) is 0.782. The Bertz CT molecular complexity index is 581. The van der Waals surface area contributed by atoms with Crippen molar-refractivity contribution in [3.63, 3.8) is 0 Å². The molecule has 2 N–H and O–H groups in total. The highest BCUT2D eigenvalue weighted by atomic mass is 35.5. The van der Waals surface area contributed by atoms with Crippen LogP contribution in [0.25, 0.3) is 0 Å². The molecule has 0 unspecified atom stereocenters. The summed E-state index contributed by atoms with van der Waals surface area (Å²) < 4.78 is 25.9. The number of hydrogen-bond donors (Lipinski definition) is 2. The lowest BCUT2D eigenvalue weighted by atomic mass is 10.5. The molecule has 0 aromatic carbocycles. The molecule has 0 fully saturated rings. The van der Waals surface area contributed by atoms with Gasteiger partial charge in [-0.15, -0.1) is 0 Å². The summed E-state index contributed by atoms with van der Waals surface area (Å²) >= 11 is 5.47. The van der Waals surface area contributed by atoms with Crippen molar-refractivity contribution in [2.45, 2.75) is 11.4 Å². The largest absolute Gasteiger partial charge is 0.347 e. The molecule has 0 aliphatic carbocycles. The van der Waals surface area contributed by atoms with Gasteiger partial charge in [0.15, 0.2) is 0 Å². The van der Waals surface area contributed by atoms with E-state index in [0.29, 0.717) is 5.69 Å². The number of hydrogen-bond acceptors (Lipinski definition) is 5. The first-order chi connectivity index (χ1) is 8.08. The fourth-order valence-corrected chi connectivity index (χ4v) is 2.07. The first kappa shape index (κ1) is 12.0. The van der Waals surface area contributed by atoms with E-state index in [1.165, 1.54) is 12.5 Å². The number of imidazole rings is 1. The second-order valence-electron chi connectivity index (χ2n) is 3.09. The van der Waals surface area contributed by atoms with Crippen molar-refractivity contribution in [2.24, 2.45) is 0 Å². The average molecular weight is 274 g/mol. The van der Waals surface area contributed by atoms with Crippen LogP contribution in [0.3, 0.4) is 0 Å². The Balaban J connectivity index is 2.11. The molecule has 0 amide bonds. The number of sulfonamides is 1. The van der Waals surface area contributed by atoms with Crippen LogP contribution < -0.4 is 4.72 Å². The third-order valence-electron chi connectivity index (χ3n) is 1.91. The highest BCUT2D eigenvalue weighted by Gasteiger charge is 2.14. The zero-order valence-electron chi connectivity index (χ0n) is 8.46. The van der Waals surface area contributed by atoms with Crippen LogP contribution in [0, 0.1) is 0 Å². The molecular weight excluding hydrogens is 266 g/mol. The maximum atomic E-state index is 11.8. The monoisotopic (exact) mass is 273 g/mol. The minimum absolute atomic E-state index is 0.00230. The molecule has 2 rings (SSSR count). The molecule has 7 nitrogen and oxygen atoms in total. The Labute approximate surface area is 102 Å². The summed E-state index contributed by atoms with van der Waals surface area (Å²) in [6.07, 6.45) is 5.28. The molecule has 0 saturated carbocycles. The molecule has 2 aromatic rings. The number of nitrogens with zero attached hydrogens (tertiary/aromatic N) is 3. The van der Waals surface area contributed by atoms with E-state index in [0.717, 1.165) is 12.4 Å². The van der Waals surface area contributed by atoms with Gasteiger partial charge in [0.2, 0.25) is 15.3 Å². The lowest BCUT2D eigenvalue weighted by Gasteiger charge is -2.04. The smallest absolute Gasteiger partial charge is 0.243 e. The Hall–Kier alpha value is -1.51. The van der Waals surface area contributed by atoms with Crippen LogP contribution in [0.1, 0.15) is 5.69 Å². The minimum Gasteiger partial charge on any atom is -0.347 e. The van der Waals surface area contributed by atoms with Gasteiger partial charge in [-0.05, 0) is 11.6 Å². The van der Waals surface area contributed by atoms with Gasteiger partial charge in [-0.1, -0.05) is 0 Å². The second kappa shape index (κ2) is 4.78. The standard InChI is InChI=1S/C8H8ClN5O2S/c9-8-11-3-7(4-12-8)17(15,16)14-2-6-1-10-5-13-6/h1,3-5,14H,2H2,(H,10,13). The van der Waals surface area contributed by atoms with Crippen LogP contribution in [0.2, 0.25) is 5.28 Å². The van der Waals surface area contributed by atoms with Crippen molar-refractivity contribution >= 4 is 21.6 Å². The minimum atomic E-state index is -3.63. The summed E-state index contributed by atoms with van der Waals surface area (Å²) in [5.74, 6) is 0. The SMILES string of the molecule is O=S(=O)(NCc1cnc[nH]1)c1cnc(Cl)nc1. The van der Waals surface area contributed by atoms with E-state index in [1.54, 1.807) is 0 Å². The fraction of sp³-hybridized carbons (Fsp3) is 0.125. The summed E-state index contributed by atoms with van der Waals surface area (Å²) in [5.41, 5.74) is 0.656. The van der Waals surface area contributed by atoms with Gasteiger partial charge in [0.1, 0.15) is 4.90 Å². The predicted octanol–water partition coefficient (Wildman–Crippen LogP) is 0.332. The number of aromatic amines is 1. The van der Waals surface area contributed by atoms with Gasteiger partial charge in [-0.3, -0.25) is 0 Å². The third-order valence-corrected chi connectivity index (χ3v) is 3.47. The normalized spacial score (nSPS) is 11.6. The van der Waals surface area contributed by atoms with Gasteiger partial charge in [0, 0.05) is 11.9 Å². The van der Waals surface area contributed by atoms with Gasteiger partial charge in [-0.25, -0.2) is 28.1 Å². The second-order valence-corrected chi connectivity index (χ2v) is 5.19. The van der Waals surface area contributed by atoms with Crippen LogP contribution in [0.15, 0.2) is 29.8 Å². The summed E-state index contributed by atoms with van der Waals surface area (Å²) in [6.45, 7) is 0.116. The molecule has 0 atom stereocenters.